The lowest BCUT2D eigenvalue weighted by atomic mass is 10.1. The lowest BCUT2D eigenvalue weighted by molar-refractivity contribution is 0.0955. The summed E-state index contributed by atoms with van der Waals surface area (Å²) in [4.78, 5) is 14.0. The molecule has 2 aromatic carbocycles. The topological polar surface area (TPSA) is 44.7 Å². The fourth-order valence-corrected chi connectivity index (χ4v) is 1.96. The molecule has 0 heterocycles. The Bertz CT molecular complexity index is 651. The average molecular weight is 302 g/mol. The molecule has 1 N–H and O–H groups in total. The molecule has 0 aliphatic heterocycles. The van der Waals surface area contributed by atoms with Crippen LogP contribution in [0.5, 0.6) is 0 Å². The zero-order valence-electron chi connectivity index (χ0n) is 11.9. The number of anilines is 1. The van der Waals surface area contributed by atoms with Crippen LogP contribution in [0.2, 0.25) is 5.02 Å². The van der Waals surface area contributed by atoms with Crippen LogP contribution in [0.3, 0.4) is 0 Å². The van der Waals surface area contributed by atoms with Crippen molar-refractivity contribution in [3.05, 3.63) is 64.7 Å². The van der Waals surface area contributed by atoms with E-state index in [1.54, 1.807) is 24.4 Å². The fourth-order valence-electron chi connectivity index (χ4n) is 1.83. The Morgan fingerprint density at radius 1 is 1.14 bits per heavy atom. The Balaban J connectivity index is 2.07. The van der Waals surface area contributed by atoms with E-state index in [9.17, 15) is 4.79 Å². The fraction of sp³-hybridized carbons (Fsp3) is 0.125. The third-order valence-corrected chi connectivity index (χ3v) is 3.13. The van der Waals surface area contributed by atoms with Crippen LogP contribution >= 0.6 is 11.6 Å². The molecule has 108 valence electrons. The molecular weight excluding hydrogens is 286 g/mol. The van der Waals surface area contributed by atoms with E-state index in [0.717, 1.165) is 11.3 Å². The summed E-state index contributed by atoms with van der Waals surface area (Å²) in [6.07, 6.45) is 1.58. The van der Waals surface area contributed by atoms with Crippen molar-refractivity contribution in [3.63, 3.8) is 0 Å². The van der Waals surface area contributed by atoms with E-state index < -0.39 is 0 Å². The summed E-state index contributed by atoms with van der Waals surface area (Å²) in [5, 5.41) is 4.62. The highest BCUT2D eigenvalue weighted by atomic mass is 35.5. The number of halogens is 1. The summed E-state index contributed by atoms with van der Waals surface area (Å²) < 4.78 is 0. The van der Waals surface area contributed by atoms with Crippen molar-refractivity contribution in [3.8, 4) is 0 Å². The number of hydrazone groups is 1. The third kappa shape index (κ3) is 4.07. The van der Waals surface area contributed by atoms with Crippen LogP contribution in [0.25, 0.3) is 0 Å². The predicted molar refractivity (Wildman–Crippen MR) is 87.3 cm³/mol. The lowest BCUT2D eigenvalue weighted by Gasteiger charge is -2.15. The molecule has 2 aromatic rings. The predicted octanol–water partition coefficient (Wildman–Crippen LogP) is 3.17. The van der Waals surface area contributed by atoms with Gasteiger partial charge in [-0.15, -0.1) is 0 Å². The van der Waals surface area contributed by atoms with Gasteiger partial charge in [0.2, 0.25) is 0 Å². The van der Waals surface area contributed by atoms with Crippen molar-refractivity contribution >= 4 is 29.4 Å². The minimum absolute atomic E-state index is 0.246. The number of amides is 1. The summed E-state index contributed by atoms with van der Waals surface area (Å²) >= 11 is 5.80. The molecule has 0 fully saturated rings. The number of rotatable bonds is 4. The molecule has 0 spiro atoms. The monoisotopic (exact) mass is 301 g/mol. The minimum Gasteiger partial charge on any atom is -0.377 e. The number of carbonyl (C=O) groups is 1. The molecule has 0 aliphatic rings. The average Bonchev–Trinajstić information content (AvgIpc) is 2.49. The normalized spacial score (nSPS) is 10.6. The van der Waals surface area contributed by atoms with Gasteiger partial charge in [-0.3, -0.25) is 4.79 Å². The first-order chi connectivity index (χ1) is 10.1. The number of carbonyl (C=O) groups excluding carboxylic acids is 1. The summed E-state index contributed by atoms with van der Waals surface area (Å²) in [5.74, 6) is -0.246. The van der Waals surface area contributed by atoms with E-state index in [0.29, 0.717) is 10.6 Å². The second kappa shape index (κ2) is 6.90. The van der Waals surface area contributed by atoms with Gasteiger partial charge >= 0.3 is 0 Å². The molecule has 5 heteroatoms. The van der Waals surface area contributed by atoms with Crippen molar-refractivity contribution in [2.24, 2.45) is 5.10 Å². The number of para-hydroxylation sites is 1. The van der Waals surface area contributed by atoms with E-state index in [-0.39, 0.29) is 5.91 Å². The Hall–Kier alpha value is -2.33. The van der Waals surface area contributed by atoms with Gasteiger partial charge in [-0.25, -0.2) is 5.43 Å². The number of nitrogens with one attached hydrogen (secondary N) is 1. The molecule has 4 nitrogen and oxygen atoms in total. The highest BCUT2D eigenvalue weighted by Crippen LogP contribution is 2.17. The SMILES string of the molecule is CN(C)c1ccccc1C(=O)NN=Cc1ccc(Cl)cc1. The van der Waals surface area contributed by atoms with Crippen LogP contribution in [0.15, 0.2) is 53.6 Å². The number of nitrogens with zero attached hydrogens (tertiary/aromatic N) is 2. The van der Waals surface area contributed by atoms with Crippen LogP contribution in [-0.2, 0) is 0 Å². The van der Waals surface area contributed by atoms with Gasteiger partial charge in [0, 0.05) is 24.8 Å². The number of benzene rings is 2. The van der Waals surface area contributed by atoms with Crippen LogP contribution in [0, 0.1) is 0 Å². The van der Waals surface area contributed by atoms with Crippen molar-refractivity contribution in [1.29, 1.82) is 0 Å². The molecule has 0 aliphatic carbocycles. The quantitative estimate of drug-likeness (QED) is 0.696. The molecular formula is C16H16ClN3O. The molecule has 0 saturated heterocycles. The Morgan fingerprint density at radius 3 is 2.48 bits per heavy atom. The Kier molecular flexibility index (Phi) is 4.95. The number of hydrogen-bond donors (Lipinski definition) is 1. The van der Waals surface area contributed by atoms with Crippen molar-refractivity contribution < 1.29 is 4.79 Å². The largest absolute Gasteiger partial charge is 0.377 e. The molecule has 21 heavy (non-hydrogen) atoms. The summed E-state index contributed by atoms with van der Waals surface area (Å²) in [6.45, 7) is 0. The van der Waals surface area contributed by atoms with Crippen LogP contribution in [-0.4, -0.2) is 26.2 Å². The highest BCUT2D eigenvalue weighted by molar-refractivity contribution is 6.30. The standard InChI is InChI=1S/C16H16ClN3O/c1-20(2)15-6-4-3-5-14(15)16(21)19-18-11-12-7-9-13(17)10-8-12/h3-11H,1-2H3,(H,19,21). The van der Waals surface area contributed by atoms with Gasteiger partial charge in [-0.05, 0) is 29.8 Å². The zero-order chi connectivity index (χ0) is 15.2. The highest BCUT2D eigenvalue weighted by Gasteiger charge is 2.10. The minimum atomic E-state index is -0.246. The maximum absolute atomic E-state index is 12.1. The van der Waals surface area contributed by atoms with Gasteiger partial charge in [0.15, 0.2) is 0 Å². The molecule has 0 saturated carbocycles. The van der Waals surface area contributed by atoms with Crippen molar-refractivity contribution in [2.75, 3.05) is 19.0 Å². The van der Waals surface area contributed by atoms with Crippen LogP contribution in [0.4, 0.5) is 5.69 Å². The molecule has 0 atom stereocenters. The van der Waals surface area contributed by atoms with E-state index in [1.165, 1.54) is 0 Å². The first-order valence-electron chi connectivity index (χ1n) is 6.43. The van der Waals surface area contributed by atoms with Gasteiger partial charge in [0.1, 0.15) is 0 Å². The van der Waals surface area contributed by atoms with Gasteiger partial charge in [-0.2, -0.15) is 5.10 Å². The Labute approximate surface area is 129 Å². The molecule has 1 amide bonds. The van der Waals surface area contributed by atoms with Gasteiger partial charge in [-0.1, -0.05) is 35.9 Å². The van der Waals surface area contributed by atoms with Gasteiger partial charge in [0.05, 0.1) is 11.8 Å². The first kappa shape index (κ1) is 15.1. The second-order valence-electron chi connectivity index (χ2n) is 4.66. The van der Waals surface area contributed by atoms with Crippen molar-refractivity contribution in [1.82, 2.24) is 5.43 Å². The van der Waals surface area contributed by atoms with E-state index in [2.05, 4.69) is 10.5 Å². The van der Waals surface area contributed by atoms with Crippen LogP contribution < -0.4 is 10.3 Å². The molecule has 2 rings (SSSR count). The lowest BCUT2D eigenvalue weighted by Crippen LogP contribution is -2.21. The maximum atomic E-state index is 12.1. The smallest absolute Gasteiger partial charge is 0.273 e. The first-order valence-corrected chi connectivity index (χ1v) is 6.81. The Morgan fingerprint density at radius 2 is 1.81 bits per heavy atom. The van der Waals surface area contributed by atoms with E-state index in [1.807, 2.05) is 49.3 Å². The summed E-state index contributed by atoms with van der Waals surface area (Å²) in [7, 11) is 3.78. The second-order valence-corrected chi connectivity index (χ2v) is 5.10. The molecule has 0 aromatic heterocycles. The molecule has 0 bridgehead atoms. The van der Waals surface area contributed by atoms with Crippen LogP contribution in [0.1, 0.15) is 15.9 Å². The maximum Gasteiger partial charge on any atom is 0.273 e. The third-order valence-electron chi connectivity index (χ3n) is 2.88. The summed E-state index contributed by atoms with van der Waals surface area (Å²) in [5.41, 5.74) is 4.81. The number of hydrogen-bond acceptors (Lipinski definition) is 3. The molecule has 0 radical (unpaired) electrons. The van der Waals surface area contributed by atoms with Crippen molar-refractivity contribution in [2.45, 2.75) is 0 Å². The molecule has 0 unspecified atom stereocenters. The van der Waals surface area contributed by atoms with E-state index >= 15 is 0 Å². The zero-order valence-corrected chi connectivity index (χ0v) is 12.6. The van der Waals surface area contributed by atoms with Gasteiger partial charge in [0.25, 0.3) is 5.91 Å². The van der Waals surface area contributed by atoms with E-state index in [4.69, 9.17) is 11.6 Å². The summed E-state index contributed by atoms with van der Waals surface area (Å²) in [6, 6.07) is 14.6. The van der Waals surface area contributed by atoms with Gasteiger partial charge < -0.3 is 4.90 Å².